The van der Waals surface area contributed by atoms with Crippen molar-refractivity contribution < 1.29 is 9.90 Å². The van der Waals surface area contributed by atoms with Crippen LogP contribution in [-0.4, -0.2) is 39.2 Å². The molecule has 1 aliphatic heterocycles. The third-order valence-corrected chi connectivity index (χ3v) is 4.78. The average molecular weight is 312 g/mol. The van der Waals surface area contributed by atoms with E-state index in [2.05, 4.69) is 0 Å². The van der Waals surface area contributed by atoms with Gasteiger partial charge < -0.3 is 14.6 Å². The van der Waals surface area contributed by atoms with Crippen LogP contribution in [0, 0.1) is 0 Å². The fraction of sp³-hybridized carbons (Fsp3) is 0.421. The second kappa shape index (κ2) is 6.59. The molecule has 2 aromatic rings. The molecule has 1 aromatic carbocycles. The van der Waals surface area contributed by atoms with Crippen molar-refractivity contribution in [2.24, 2.45) is 7.05 Å². The molecule has 0 bridgehead atoms. The largest absolute Gasteiger partial charge is 0.391 e. The molecule has 0 spiro atoms. The number of hydrogen-bond acceptors (Lipinski definition) is 2. The minimum absolute atomic E-state index is 0.0141. The van der Waals surface area contributed by atoms with E-state index in [9.17, 15) is 9.90 Å². The van der Waals surface area contributed by atoms with E-state index in [1.807, 2.05) is 59.0 Å². The quantitative estimate of drug-likeness (QED) is 0.946. The van der Waals surface area contributed by atoms with Crippen molar-refractivity contribution in [1.29, 1.82) is 0 Å². The molecule has 1 saturated heterocycles. The third-order valence-electron chi connectivity index (χ3n) is 4.78. The molecular weight excluding hydrogens is 288 g/mol. The summed E-state index contributed by atoms with van der Waals surface area (Å²) in [5.41, 5.74) is 2.80. The number of nitrogens with zero attached hydrogens (tertiary/aromatic N) is 2. The van der Waals surface area contributed by atoms with Gasteiger partial charge in [0.2, 0.25) is 0 Å². The predicted octanol–water partition coefficient (Wildman–Crippen LogP) is 3.07. The number of aliphatic hydroxyl groups excluding tert-OH is 1. The molecule has 0 radical (unpaired) electrons. The number of piperidine rings is 1. The maximum atomic E-state index is 13.0. The molecule has 1 N–H and O–H groups in total. The topological polar surface area (TPSA) is 45.5 Å². The summed E-state index contributed by atoms with van der Waals surface area (Å²) in [6.45, 7) is 2.50. The average Bonchev–Trinajstić information content (AvgIpc) is 2.96. The Labute approximate surface area is 137 Å². The first-order valence-corrected chi connectivity index (χ1v) is 8.30. The first-order chi connectivity index (χ1) is 11.1. The second-order valence-electron chi connectivity index (χ2n) is 6.33. The van der Waals surface area contributed by atoms with Crippen LogP contribution in [0.5, 0.6) is 0 Å². The zero-order chi connectivity index (χ0) is 16.4. The monoisotopic (exact) mass is 312 g/mol. The van der Waals surface area contributed by atoms with E-state index in [-0.39, 0.29) is 11.9 Å². The Kier molecular flexibility index (Phi) is 4.53. The Balaban J connectivity index is 1.90. The molecule has 2 heterocycles. The van der Waals surface area contributed by atoms with Gasteiger partial charge in [-0.3, -0.25) is 4.79 Å². The number of carbonyl (C=O) groups is 1. The molecule has 122 valence electrons. The van der Waals surface area contributed by atoms with Gasteiger partial charge in [0.25, 0.3) is 5.91 Å². The molecule has 3 rings (SSSR count). The molecule has 4 heteroatoms. The van der Waals surface area contributed by atoms with E-state index in [1.165, 1.54) is 0 Å². The van der Waals surface area contributed by atoms with Crippen molar-refractivity contribution in [2.45, 2.75) is 38.3 Å². The van der Waals surface area contributed by atoms with E-state index in [0.717, 1.165) is 37.1 Å². The van der Waals surface area contributed by atoms with Crippen molar-refractivity contribution in [3.05, 3.63) is 48.2 Å². The van der Waals surface area contributed by atoms with Crippen LogP contribution in [0.15, 0.2) is 42.5 Å². The maximum Gasteiger partial charge on any atom is 0.270 e. The first-order valence-electron chi connectivity index (χ1n) is 8.30. The highest BCUT2D eigenvalue weighted by atomic mass is 16.3. The lowest BCUT2D eigenvalue weighted by molar-refractivity contribution is 0.0274. The van der Waals surface area contributed by atoms with Crippen LogP contribution in [0.2, 0.25) is 0 Å². The zero-order valence-electron chi connectivity index (χ0n) is 13.8. The zero-order valence-corrected chi connectivity index (χ0v) is 13.8. The van der Waals surface area contributed by atoms with E-state index in [0.29, 0.717) is 5.69 Å². The van der Waals surface area contributed by atoms with E-state index >= 15 is 0 Å². The molecule has 1 amide bonds. The molecule has 4 nitrogen and oxygen atoms in total. The number of aromatic nitrogens is 1. The lowest BCUT2D eigenvalue weighted by Crippen LogP contribution is -2.49. The van der Waals surface area contributed by atoms with E-state index in [1.54, 1.807) is 6.92 Å². The van der Waals surface area contributed by atoms with Crippen LogP contribution in [0.4, 0.5) is 0 Å². The Morgan fingerprint density at radius 1 is 1.17 bits per heavy atom. The summed E-state index contributed by atoms with van der Waals surface area (Å²) in [4.78, 5) is 14.8. The summed E-state index contributed by atoms with van der Waals surface area (Å²) in [5, 5.41) is 10.00. The van der Waals surface area contributed by atoms with Gasteiger partial charge in [0, 0.05) is 19.3 Å². The van der Waals surface area contributed by atoms with Crippen molar-refractivity contribution in [1.82, 2.24) is 9.47 Å². The molecule has 2 atom stereocenters. The molecular formula is C19H24N2O2. The number of benzene rings is 1. The van der Waals surface area contributed by atoms with Gasteiger partial charge in [0.15, 0.2) is 0 Å². The SMILES string of the molecule is CC(O)C1CCCCN1C(=O)c1ccc(-c2ccccc2)n1C. The van der Waals surface area contributed by atoms with Crippen LogP contribution < -0.4 is 0 Å². The number of carbonyl (C=O) groups excluding carboxylic acids is 1. The van der Waals surface area contributed by atoms with Crippen molar-refractivity contribution >= 4 is 5.91 Å². The lowest BCUT2D eigenvalue weighted by Gasteiger charge is -2.37. The summed E-state index contributed by atoms with van der Waals surface area (Å²) in [7, 11) is 1.93. The van der Waals surface area contributed by atoms with Gasteiger partial charge in [0.05, 0.1) is 12.1 Å². The number of rotatable bonds is 3. The number of likely N-dealkylation sites (tertiary alicyclic amines) is 1. The van der Waals surface area contributed by atoms with Crippen LogP contribution in [0.1, 0.15) is 36.7 Å². The van der Waals surface area contributed by atoms with Crippen LogP contribution in [0.25, 0.3) is 11.3 Å². The van der Waals surface area contributed by atoms with Gasteiger partial charge in [0.1, 0.15) is 5.69 Å². The summed E-state index contributed by atoms with van der Waals surface area (Å²) in [6.07, 6.45) is 2.46. The maximum absolute atomic E-state index is 13.0. The Hall–Kier alpha value is -2.07. The summed E-state index contributed by atoms with van der Waals surface area (Å²) < 4.78 is 1.95. The van der Waals surface area contributed by atoms with Gasteiger partial charge in [-0.15, -0.1) is 0 Å². The van der Waals surface area contributed by atoms with Gasteiger partial charge in [-0.1, -0.05) is 30.3 Å². The summed E-state index contributed by atoms with van der Waals surface area (Å²) in [5.74, 6) is 0.0141. The first kappa shape index (κ1) is 15.8. The van der Waals surface area contributed by atoms with Crippen LogP contribution in [0.3, 0.4) is 0 Å². The fourth-order valence-corrected chi connectivity index (χ4v) is 3.48. The number of amides is 1. The lowest BCUT2D eigenvalue weighted by atomic mass is 9.98. The van der Waals surface area contributed by atoms with Crippen molar-refractivity contribution in [2.75, 3.05) is 6.54 Å². The van der Waals surface area contributed by atoms with Crippen molar-refractivity contribution in [3.8, 4) is 11.3 Å². The molecule has 1 aliphatic rings. The Bertz CT molecular complexity index is 676. The second-order valence-corrected chi connectivity index (χ2v) is 6.33. The number of hydrogen-bond donors (Lipinski definition) is 1. The Morgan fingerprint density at radius 2 is 1.91 bits per heavy atom. The van der Waals surface area contributed by atoms with Gasteiger partial charge >= 0.3 is 0 Å². The smallest absolute Gasteiger partial charge is 0.270 e. The highest BCUT2D eigenvalue weighted by Crippen LogP contribution is 2.25. The summed E-state index contributed by atoms with van der Waals surface area (Å²) >= 11 is 0. The minimum Gasteiger partial charge on any atom is -0.391 e. The highest BCUT2D eigenvalue weighted by Gasteiger charge is 2.31. The standard InChI is InChI=1S/C19H24N2O2/c1-14(22)16-10-6-7-13-21(16)19(23)18-12-11-17(20(18)2)15-8-4-3-5-9-15/h3-5,8-9,11-12,14,16,22H,6-7,10,13H2,1-2H3. The van der Waals surface area contributed by atoms with Gasteiger partial charge in [-0.25, -0.2) is 0 Å². The highest BCUT2D eigenvalue weighted by molar-refractivity contribution is 5.94. The van der Waals surface area contributed by atoms with E-state index < -0.39 is 6.10 Å². The van der Waals surface area contributed by atoms with Gasteiger partial charge in [-0.05, 0) is 43.9 Å². The normalized spacial score (nSPS) is 19.6. The van der Waals surface area contributed by atoms with Gasteiger partial charge in [-0.2, -0.15) is 0 Å². The minimum atomic E-state index is -0.492. The number of aliphatic hydroxyl groups is 1. The molecule has 23 heavy (non-hydrogen) atoms. The predicted molar refractivity (Wildman–Crippen MR) is 91.2 cm³/mol. The fourth-order valence-electron chi connectivity index (χ4n) is 3.48. The van der Waals surface area contributed by atoms with Crippen LogP contribution >= 0.6 is 0 Å². The van der Waals surface area contributed by atoms with Crippen molar-refractivity contribution in [3.63, 3.8) is 0 Å². The molecule has 1 fully saturated rings. The Morgan fingerprint density at radius 3 is 2.61 bits per heavy atom. The molecule has 0 aliphatic carbocycles. The molecule has 1 aromatic heterocycles. The third kappa shape index (κ3) is 3.04. The molecule has 2 unspecified atom stereocenters. The summed E-state index contributed by atoms with van der Waals surface area (Å²) in [6, 6.07) is 13.9. The van der Waals surface area contributed by atoms with E-state index in [4.69, 9.17) is 0 Å². The van der Waals surface area contributed by atoms with Crippen LogP contribution in [-0.2, 0) is 7.05 Å². The molecule has 0 saturated carbocycles.